The zero-order valence-electron chi connectivity index (χ0n) is 10.6. The summed E-state index contributed by atoms with van der Waals surface area (Å²) in [5.74, 6) is 0.815. The van der Waals surface area contributed by atoms with Gasteiger partial charge in [-0.25, -0.2) is 0 Å². The van der Waals surface area contributed by atoms with Crippen LogP contribution in [-0.4, -0.2) is 43.9 Å². The molecule has 1 aliphatic heterocycles. The fourth-order valence-corrected chi connectivity index (χ4v) is 2.00. The Morgan fingerprint density at radius 2 is 2.22 bits per heavy atom. The van der Waals surface area contributed by atoms with Crippen molar-refractivity contribution in [3.8, 4) is 11.8 Å². The van der Waals surface area contributed by atoms with E-state index in [1.807, 2.05) is 12.1 Å². The standard InChI is InChI=1S/C14H18N2O2/c1-12-11-17-8-6-16(12)7-9-18-14-4-2-13(10-15)3-5-14/h2-5,12H,6-9,11H2,1H3. The summed E-state index contributed by atoms with van der Waals surface area (Å²) in [4.78, 5) is 2.37. The van der Waals surface area contributed by atoms with Gasteiger partial charge in [-0.05, 0) is 31.2 Å². The van der Waals surface area contributed by atoms with Crippen LogP contribution in [0.3, 0.4) is 0 Å². The van der Waals surface area contributed by atoms with Crippen molar-refractivity contribution in [2.45, 2.75) is 13.0 Å². The summed E-state index contributed by atoms with van der Waals surface area (Å²) in [5.41, 5.74) is 0.657. The van der Waals surface area contributed by atoms with Gasteiger partial charge in [-0.2, -0.15) is 5.26 Å². The van der Waals surface area contributed by atoms with Gasteiger partial charge in [-0.15, -0.1) is 0 Å². The molecule has 1 heterocycles. The molecule has 0 bridgehead atoms. The fraction of sp³-hybridized carbons (Fsp3) is 0.500. The summed E-state index contributed by atoms with van der Waals surface area (Å²) in [6.45, 7) is 6.32. The largest absolute Gasteiger partial charge is 0.492 e. The molecular formula is C14H18N2O2. The quantitative estimate of drug-likeness (QED) is 0.810. The van der Waals surface area contributed by atoms with Crippen LogP contribution in [0.15, 0.2) is 24.3 Å². The van der Waals surface area contributed by atoms with Crippen LogP contribution >= 0.6 is 0 Å². The Labute approximate surface area is 108 Å². The second-order valence-corrected chi connectivity index (χ2v) is 4.44. The lowest BCUT2D eigenvalue weighted by Gasteiger charge is -2.32. The minimum absolute atomic E-state index is 0.461. The van der Waals surface area contributed by atoms with E-state index >= 15 is 0 Å². The van der Waals surface area contributed by atoms with E-state index in [0.717, 1.165) is 32.1 Å². The minimum Gasteiger partial charge on any atom is -0.492 e. The molecule has 1 atom stereocenters. The van der Waals surface area contributed by atoms with Crippen LogP contribution in [0.2, 0.25) is 0 Å². The van der Waals surface area contributed by atoms with E-state index in [1.54, 1.807) is 12.1 Å². The minimum atomic E-state index is 0.461. The molecule has 0 N–H and O–H groups in total. The molecule has 0 spiro atoms. The van der Waals surface area contributed by atoms with Gasteiger partial charge in [0.1, 0.15) is 12.4 Å². The van der Waals surface area contributed by atoms with Gasteiger partial charge in [0.05, 0.1) is 24.8 Å². The first kappa shape index (κ1) is 12.9. The van der Waals surface area contributed by atoms with Crippen molar-refractivity contribution in [2.24, 2.45) is 0 Å². The predicted molar refractivity (Wildman–Crippen MR) is 68.5 cm³/mol. The molecule has 1 aromatic carbocycles. The number of hydrogen-bond acceptors (Lipinski definition) is 4. The normalized spacial score (nSPS) is 20.3. The zero-order chi connectivity index (χ0) is 12.8. The van der Waals surface area contributed by atoms with E-state index in [2.05, 4.69) is 17.9 Å². The van der Waals surface area contributed by atoms with E-state index in [-0.39, 0.29) is 0 Å². The molecular weight excluding hydrogens is 228 g/mol. The molecule has 4 heteroatoms. The van der Waals surface area contributed by atoms with E-state index in [0.29, 0.717) is 18.2 Å². The van der Waals surface area contributed by atoms with Crippen LogP contribution < -0.4 is 4.74 Å². The smallest absolute Gasteiger partial charge is 0.119 e. The number of morpholine rings is 1. The number of nitrogens with zero attached hydrogens (tertiary/aromatic N) is 2. The van der Waals surface area contributed by atoms with Crippen LogP contribution in [0.25, 0.3) is 0 Å². The molecule has 0 aromatic heterocycles. The van der Waals surface area contributed by atoms with Crippen LogP contribution in [0, 0.1) is 11.3 Å². The predicted octanol–water partition coefficient (Wildman–Crippen LogP) is 1.66. The molecule has 0 radical (unpaired) electrons. The second kappa shape index (κ2) is 6.39. The lowest BCUT2D eigenvalue weighted by Crippen LogP contribution is -2.45. The van der Waals surface area contributed by atoms with E-state index in [1.165, 1.54) is 0 Å². The summed E-state index contributed by atoms with van der Waals surface area (Å²) in [6.07, 6.45) is 0. The SMILES string of the molecule is CC1COCCN1CCOc1ccc(C#N)cc1. The zero-order valence-corrected chi connectivity index (χ0v) is 10.6. The number of rotatable bonds is 4. The summed E-state index contributed by atoms with van der Waals surface area (Å²) in [6, 6.07) is 9.76. The third-order valence-corrected chi connectivity index (χ3v) is 3.14. The van der Waals surface area contributed by atoms with Crippen molar-refractivity contribution >= 4 is 0 Å². The third kappa shape index (κ3) is 3.46. The van der Waals surface area contributed by atoms with Crippen molar-refractivity contribution in [3.63, 3.8) is 0 Å². The monoisotopic (exact) mass is 246 g/mol. The number of hydrogen-bond donors (Lipinski definition) is 0. The maximum Gasteiger partial charge on any atom is 0.119 e. The lowest BCUT2D eigenvalue weighted by molar-refractivity contribution is -0.00514. The molecule has 4 nitrogen and oxygen atoms in total. The van der Waals surface area contributed by atoms with Gasteiger partial charge in [0.15, 0.2) is 0 Å². The first-order valence-corrected chi connectivity index (χ1v) is 6.24. The molecule has 1 fully saturated rings. The van der Waals surface area contributed by atoms with Gasteiger partial charge in [-0.1, -0.05) is 0 Å². The van der Waals surface area contributed by atoms with Gasteiger partial charge >= 0.3 is 0 Å². The summed E-state index contributed by atoms with van der Waals surface area (Å²) in [7, 11) is 0. The average molecular weight is 246 g/mol. The number of ether oxygens (including phenoxy) is 2. The van der Waals surface area contributed by atoms with E-state index in [9.17, 15) is 0 Å². The topological polar surface area (TPSA) is 45.5 Å². The molecule has 1 aliphatic rings. The van der Waals surface area contributed by atoms with Gasteiger partial charge in [-0.3, -0.25) is 4.90 Å². The molecule has 1 saturated heterocycles. The van der Waals surface area contributed by atoms with Crippen LogP contribution in [0.5, 0.6) is 5.75 Å². The highest BCUT2D eigenvalue weighted by atomic mass is 16.5. The first-order chi connectivity index (χ1) is 8.79. The molecule has 0 amide bonds. The molecule has 2 rings (SSSR count). The van der Waals surface area contributed by atoms with Crippen molar-refractivity contribution in [2.75, 3.05) is 32.9 Å². The second-order valence-electron chi connectivity index (χ2n) is 4.44. The summed E-state index contributed by atoms with van der Waals surface area (Å²) in [5, 5.41) is 8.69. The maximum atomic E-state index is 8.69. The van der Waals surface area contributed by atoms with Crippen LogP contribution in [-0.2, 0) is 4.74 Å². The Morgan fingerprint density at radius 3 is 2.89 bits per heavy atom. The highest BCUT2D eigenvalue weighted by molar-refractivity contribution is 5.34. The number of benzene rings is 1. The summed E-state index contributed by atoms with van der Waals surface area (Å²) >= 11 is 0. The van der Waals surface area contributed by atoms with Crippen molar-refractivity contribution in [1.82, 2.24) is 4.90 Å². The van der Waals surface area contributed by atoms with Gasteiger partial charge in [0.25, 0.3) is 0 Å². The Hall–Kier alpha value is -1.57. The van der Waals surface area contributed by atoms with Crippen LogP contribution in [0.1, 0.15) is 12.5 Å². The van der Waals surface area contributed by atoms with Crippen molar-refractivity contribution < 1.29 is 9.47 Å². The van der Waals surface area contributed by atoms with E-state index < -0.39 is 0 Å². The Morgan fingerprint density at radius 1 is 1.44 bits per heavy atom. The van der Waals surface area contributed by atoms with E-state index in [4.69, 9.17) is 14.7 Å². The average Bonchev–Trinajstić information content (AvgIpc) is 2.42. The van der Waals surface area contributed by atoms with Crippen molar-refractivity contribution in [3.05, 3.63) is 29.8 Å². The first-order valence-electron chi connectivity index (χ1n) is 6.24. The van der Waals surface area contributed by atoms with Gasteiger partial charge in [0, 0.05) is 19.1 Å². The summed E-state index contributed by atoms with van der Waals surface area (Å²) < 4.78 is 11.1. The van der Waals surface area contributed by atoms with Gasteiger partial charge < -0.3 is 9.47 Å². The molecule has 96 valence electrons. The lowest BCUT2D eigenvalue weighted by atomic mass is 10.2. The Balaban J connectivity index is 1.75. The molecule has 1 aromatic rings. The van der Waals surface area contributed by atoms with Crippen LogP contribution in [0.4, 0.5) is 0 Å². The van der Waals surface area contributed by atoms with Crippen molar-refractivity contribution in [1.29, 1.82) is 5.26 Å². The highest BCUT2D eigenvalue weighted by Gasteiger charge is 2.17. The molecule has 0 saturated carbocycles. The Kier molecular flexibility index (Phi) is 4.57. The molecule has 1 unspecified atom stereocenters. The Bertz CT molecular complexity index is 411. The van der Waals surface area contributed by atoms with Gasteiger partial charge in [0.2, 0.25) is 0 Å². The fourth-order valence-electron chi connectivity index (χ4n) is 2.00. The molecule has 0 aliphatic carbocycles. The maximum absolute atomic E-state index is 8.69. The number of nitriles is 1. The molecule has 18 heavy (non-hydrogen) atoms. The third-order valence-electron chi connectivity index (χ3n) is 3.14. The highest BCUT2D eigenvalue weighted by Crippen LogP contribution is 2.12.